The Labute approximate surface area is 113 Å². The molecular weight excluding hydrogens is 236 g/mol. The van der Waals surface area contributed by atoms with Gasteiger partial charge in [0.2, 0.25) is 0 Å². The number of likely N-dealkylation sites (tertiary alicyclic amines) is 1. The molecule has 0 unspecified atom stereocenters. The van der Waals surface area contributed by atoms with Crippen molar-refractivity contribution in [3.63, 3.8) is 0 Å². The van der Waals surface area contributed by atoms with Crippen molar-refractivity contribution in [1.29, 1.82) is 0 Å². The largest absolute Gasteiger partial charge is 0.359 e. The lowest BCUT2D eigenvalue weighted by Crippen LogP contribution is -2.37. The molecule has 1 aromatic carbocycles. The van der Waals surface area contributed by atoms with Crippen molar-refractivity contribution in [2.45, 2.75) is 26.7 Å². The smallest absolute Gasteiger partial charge is 0.253 e. The minimum absolute atomic E-state index is 0.174. The van der Waals surface area contributed by atoms with Gasteiger partial charge in [0.1, 0.15) is 0 Å². The van der Waals surface area contributed by atoms with E-state index in [-0.39, 0.29) is 5.91 Å². The van der Waals surface area contributed by atoms with Crippen LogP contribution in [0.1, 0.15) is 35.8 Å². The van der Waals surface area contributed by atoms with E-state index >= 15 is 0 Å². The van der Waals surface area contributed by atoms with E-state index in [9.17, 15) is 4.79 Å². The molecular formula is C16H20N2O. The first-order valence-corrected chi connectivity index (χ1v) is 7.02. The van der Waals surface area contributed by atoms with E-state index < -0.39 is 0 Å². The molecule has 3 heteroatoms. The number of nitrogens with one attached hydrogen (secondary N) is 1. The number of nitrogens with zero attached hydrogens (tertiary/aromatic N) is 1. The van der Waals surface area contributed by atoms with Gasteiger partial charge in [0.15, 0.2) is 0 Å². The number of rotatable bonds is 1. The van der Waals surface area contributed by atoms with Crippen LogP contribution in [-0.2, 0) is 0 Å². The van der Waals surface area contributed by atoms with Gasteiger partial charge < -0.3 is 9.88 Å². The minimum Gasteiger partial charge on any atom is -0.359 e. The van der Waals surface area contributed by atoms with Crippen molar-refractivity contribution in [3.05, 3.63) is 35.5 Å². The highest BCUT2D eigenvalue weighted by Crippen LogP contribution is 2.21. The molecule has 0 saturated carbocycles. The molecule has 0 atom stereocenters. The molecule has 1 aliphatic heterocycles. The summed E-state index contributed by atoms with van der Waals surface area (Å²) in [4.78, 5) is 17.7. The third kappa shape index (κ3) is 2.37. The number of benzene rings is 1. The number of amides is 1. The van der Waals surface area contributed by atoms with E-state index in [1.165, 1.54) is 0 Å². The predicted molar refractivity (Wildman–Crippen MR) is 77.3 cm³/mol. The zero-order chi connectivity index (χ0) is 13.4. The van der Waals surface area contributed by atoms with E-state index in [4.69, 9.17) is 0 Å². The number of aryl methyl sites for hydroxylation is 1. The van der Waals surface area contributed by atoms with Gasteiger partial charge in [0.05, 0.1) is 0 Å². The number of aromatic amines is 1. The number of H-pyrrole nitrogens is 1. The van der Waals surface area contributed by atoms with E-state index in [2.05, 4.69) is 18.0 Å². The van der Waals surface area contributed by atoms with E-state index in [1.807, 2.05) is 30.0 Å². The lowest BCUT2D eigenvalue weighted by Gasteiger charge is -2.30. The van der Waals surface area contributed by atoms with Crippen LogP contribution in [0.3, 0.4) is 0 Å². The topological polar surface area (TPSA) is 36.1 Å². The van der Waals surface area contributed by atoms with Gasteiger partial charge in [0.25, 0.3) is 5.91 Å². The molecule has 3 rings (SSSR count). The molecule has 0 radical (unpaired) electrons. The molecule has 1 amide bonds. The van der Waals surface area contributed by atoms with Crippen LogP contribution >= 0.6 is 0 Å². The standard InChI is InChI=1S/C16H20N2O/c1-11-5-7-18(8-6-11)16(19)13-3-4-15-14(10-13)9-12(2)17-15/h3-4,9-11,17H,5-8H2,1-2H3. The lowest BCUT2D eigenvalue weighted by atomic mass is 9.98. The summed E-state index contributed by atoms with van der Waals surface area (Å²) in [6, 6.07) is 8.02. The number of hydrogen-bond donors (Lipinski definition) is 1. The SMILES string of the molecule is Cc1cc2cc(C(=O)N3CCC(C)CC3)ccc2[nH]1. The molecule has 2 heterocycles. The Morgan fingerprint density at radius 1 is 1.26 bits per heavy atom. The Morgan fingerprint density at radius 3 is 2.74 bits per heavy atom. The van der Waals surface area contributed by atoms with Crippen molar-refractivity contribution in [2.24, 2.45) is 5.92 Å². The number of hydrogen-bond acceptors (Lipinski definition) is 1. The van der Waals surface area contributed by atoms with Gasteiger partial charge >= 0.3 is 0 Å². The Balaban J connectivity index is 1.84. The van der Waals surface area contributed by atoms with Crippen LogP contribution < -0.4 is 0 Å². The second-order valence-electron chi connectivity index (χ2n) is 5.73. The number of fused-ring (bicyclic) bond motifs is 1. The van der Waals surface area contributed by atoms with Gasteiger partial charge in [-0.05, 0) is 49.9 Å². The number of carbonyl (C=O) groups excluding carboxylic acids is 1. The van der Waals surface area contributed by atoms with Crippen LogP contribution in [0.15, 0.2) is 24.3 Å². The monoisotopic (exact) mass is 256 g/mol. The van der Waals surface area contributed by atoms with Gasteiger partial charge in [-0.25, -0.2) is 0 Å². The zero-order valence-electron chi connectivity index (χ0n) is 11.6. The highest BCUT2D eigenvalue weighted by molar-refractivity contribution is 5.98. The third-order valence-electron chi connectivity index (χ3n) is 4.07. The second-order valence-corrected chi connectivity index (χ2v) is 5.73. The summed E-state index contributed by atoms with van der Waals surface area (Å²) in [6.45, 7) is 6.08. The van der Waals surface area contributed by atoms with E-state index in [1.54, 1.807) is 0 Å². The van der Waals surface area contributed by atoms with Crippen molar-refractivity contribution in [3.8, 4) is 0 Å². The molecule has 1 fully saturated rings. The van der Waals surface area contributed by atoms with Gasteiger partial charge in [-0.15, -0.1) is 0 Å². The van der Waals surface area contributed by atoms with Gasteiger partial charge in [-0.3, -0.25) is 4.79 Å². The van der Waals surface area contributed by atoms with Crippen molar-refractivity contribution in [1.82, 2.24) is 9.88 Å². The first kappa shape index (κ1) is 12.3. The minimum atomic E-state index is 0.174. The van der Waals surface area contributed by atoms with Crippen molar-refractivity contribution in [2.75, 3.05) is 13.1 Å². The molecule has 100 valence electrons. The van der Waals surface area contributed by atoms with E-state index in [0.29, 0.717) is 0 Å². The average molecular weight is 256 g/mol. The maximum Gasteiger partial charge on any atom is 0.253 e. The van der Waals surface area contributed by atoms with Gasteiger partial charge in [-0.1, -0.05) is 6.92 Å². The Morgan fingerprint density at radius 2 is 2.00 bits per heavy atom. The molecule has 2 aromatic rings. The Hall–Kier alpha value is -1.77. The summed E-state index contributed by atoms with van der Waals surface area (Å²) in [6.07, 6.45) is 2.24. The highest BCUT2D eigenvalue weighted by atomic mass is 16.2. The van der Waals surface area contributed by atoms with E-state index in [0.717, 1.165) is 54.0 Å². The number of aromatic nitrogens is 1. The van der Waals surface area contributed by atoms with Crippen LogP contribution in [0.25, 0.3) is 10.9 Å². The fourth-order valence-electron chi connectivity index (χ4n) is 2.81. The first-order chi connectivity index (χ1) is 9.13. The summed E-state index contributed by atoms with van der Waals surface area (Å²) in [5.41, 5.74) is 3.04. The third-order valence-corrected chi connectivity index (χ3v) is 4.07. The van der Waals surface area contributed by atoms with Gasteiger partial charge in [0, 0.05) is 35.2 Å². The number of carbonyl (C=O) groups is 1. The van der Waals surface area contributed by atoms with Crippen LogP contribution in [-0.4, -0.2) is 28.9 Å². The maximum absolute atomic E-state index is 12.5. The van der Waals surface area contributed by atoms with Crippen molar-refractivity contribution >= 4 is 16.8 Å². The predicted octanol–water partition coefficient (Wildman–Crippen LogP) is 3.35. The van der Waals surface area contributed by atoms with Crippen LogP contribution in [0, 0.1) is 12.8 Å². The molecule has 0 spiro atoms. The highest BCUT2D eigenvalue weighted by Gasteiger charge is 2.21. The maximum atomic E-state index is 12.5. The normalized spacial score (nSPS) is 17.1. The average Bonchev–Trinajstić information content (AvgIpc) is 2.77. The molecule has 1 aliphatic rings. The molecule has 1 aromatic heterocycles. The van der Waals surface area contributed by atoms with Gasteiger partial charge in [-0.2, -0.15) is 0 Å². The lowest BCUT2D eigenvalue weighted by molar-refractivity contribution is 0.0697. The second kappa shape index (κ2) is 4.72. The van der Waals surface area contributed by atoms with Crippen LogP contribution in [0.5, 0.6) is 0 Å². The van der Waals surface area contributed by atoms with Crippen LogP contribution in [0.2, 0.25) is 0 Å². The quantitative estimate of drug-likeness (QED) is 0.834. The molecule has 0 aliphatic carbocycles. The molecule has 19 heavy (non-hydrogen) atoms. The summed E-state index contributed by atoms with van der Waals surface area (Å²) in [5, 5.41) is 1.12. The summed E-state index contributed by atoms with van der Waals surface area (Å²) in [7, 11) is 0. The summed E-state index contributed by atoms with van der Waals surface area (Å²) in [5.74, 6) is 0.923. The molecule has 1 N–H and O–H groups in total. The summed E-state index contributed by atoms with van der Waals surface area (Å²) < 4.78 is 0. The van der Waals surface area contributed by atoms with Crippen molar-refractivity contribution < 1.29 is 4.79 Å². The Kier molecular flexibility index (Phi) is 3.05. The fraction of sp³-hybridized carbons (Fsp3) is 0.438. The molecule has 0 bridgehead atoms. The molecule has 1 saturated heterocycles. The Bertz CT molecular complexity index is 606. The first-order valence-electron chi connectivity index (χ1n) is 7.02. The molecule has 3 nitrogen and oxygen atoms in total. The number of piperidine rings is 1. The van der Waals surface area contributed by atoms with Crippen LogP contribution in [0.4, 0.5) is 0 Å². The summed E-state index contributed by atoms with van der Waals surface area (Å²) >= 11 is 0. The fourth-order valence-corrected chi connectivity index (χ4v) is 2.81. The zero-order valence-corrected chi connectivity index (χ0v) is 11.6.